The molecule has 2 aliphatic rings. The van der Waals surface area contributed by atoms with Gasteiger partial charge in [0.15, 0.2) is 9.84 Å². The first kappa shape index (κ1) is 16.1. The largest absolute Gasteiger partial charge is 0.486 e. The topological polar surface area (TPSA) is 69.7 Å². The van der Waals surface area contributed by atoms with E-state index in [1.165, 1.54) is 6.07 Å². The van der Waals surface area contributed by atoms with Crippen molar-refractivity contribution in [3.8, 4) is 0 Å². The second kappa shape index (κ2) is 5.37. The van der Waals surface area contributed by atoms with E-state index in [1.54, 1.807) is 32.0 Å². The van der Waals surface area contributed by atoms with Gasteiger partial charge in [0.2, 0.25) is 5.76 Å². The highest BCUT2D eigenvalue weighted by molar-refractivity contribution is 7.90. The van der Waals surface area contributed by atoms with Crippen LogP contribution in [0.1, 0.15) is 32.3 Å². The summed E-state index contributed by atoms with van der Waals surface area (Å²) in [6, 6.07) is 6.63. The Labute approximate surface area is 136 Å². The number of rotatable bonds is 5. The molecule has 1 saturated carbocycles. The molecule has 6 heteroatoms. The maximum Gasteiger partial charge on any atom is 0.374 e. The van der Waals surface area contributed by atoms with E-state index in [0.29, 0.717) is 23.7 Å². The van der Waals surface area contributed by atoms with Crippen molar-refractivity contribution in [3.05, 3.63) is 35.6 Å². The fraction of sp³-hybridized carbons (Fsp3) is 0.471. The third-order valence-corrected chi connectivity index (χ3v) is 5.23. The lowest BCUT2D eigenvalue weighted by atomic mass is 9.91. The second-order valence-electron chi connectivity index (χ2n) is 6.63. The summed E-state index contributed by atoms with van der Waals surface area (Å²) < 4.78 is 35.3. The van der Waals surface area contributed by atoms with Crippen molar-refractivity contribution >= 4 is 21.4 Å². The zero-order valence-corrected chi connectivity index (χ0v) is 14.3. The average Bonchev–Trinajstić information content (AvgIpc) is 3.22. The van der Waals surface area contributed by atoms with E-state index in [0.717, 1.165) is 19.1 Å². The van der Waals surface area contributed by atoms with Crippen LogP contribution in [0.2, 0.25) is 0 Å². The van der Waals surface area contributed by atoms with Gasteiger partial charge in [0.05, 0.1) is 17.1 Å². The highest BCUT2D eigenvalue weighted by atomic mass is 32.2. The fourth-order valence-corrected chi connectivity index (χ4v) is 3.66. The normalized spacial score (nSPS) is 20.6. The molecule has 1 aromatic rings. The van der Waals surface area contributed by atoms with Crippen molar-refractivity contribution in [2.24, 2.45) is 5.92 Å². The van der Waals surface area contributed by atoms with Crippen LogP contribution in [0.4, 0.5) is 0 Å². The van der Waals surface area contributed by atoms with Gasteiger partial charge in [-0.15, -0.1) is 0 Å². The Morgan fingerprint density at radius 1 is 1.26 bits per heavy atom. The molecule has 0 saturated heterocycles. The molecule has 3 rings (SSSR count). The summed E-state index contributed by atoms with van der Waals surface area (Å²) in [5, 5.41) is 0. The van der Waals surface area contributed by atoms with Gasteiger partial charge in [0.1, 0.15) is 5.60 Å². The first-order valence-corrected chi connectivity index (χ1v) is 9.49. The Hall–Kier alpha value is -1.82. The summed E-state index contributed by atoms with van der Waals surface area (Å²) in [5.74, 6) is 0.0809. The Morgan fingerprint density at radius 3 is 2.52 bits per heavy atom. The molecule has 0 aromatic heterocycles. The molecule has 23 heavy (non-hydrogen) atoms. The molecule has 0 atom stereocenters. The minimum Gasteiger partial charge on any atom is -0.486 e. The van der Waals surface area contributed by atoms with Crippen LogP contribution in [-0.4, -0.2) is 32.9 Å². The lowest BCUT2D eigenvalue weighted by molar-refractivity contribution is -0.147. The van der Waals surface area contributed by atoms with Crippen LogP contribution in [0.15, 0.2) is 34.9 Å². The average molecular weight is 336 g/mol. The number of esters is 1. The zero-order chi connectivity index (χ0) is 16.8. The number of ether oxygens (including phenoxy) is 2. The number of sulfone groups is 1. The van der Waals surface area contributed by atoms with Crippen LogP contribution in [-0.2, 0) is 24.1 Å². The lowest BCUT2D eigenvalue weighted by Crippen LogP contribution is -2.23. The summed E-state index contributed by atoms with van der Waals surface area (Å²) in [5.41, 5.74) is 0.0392. The van der Waals surface area contributed by atoms with Crippen LogP contribution >= 0.6 is 0 Å². The van der Waals surface area contributed by atoms with E-state index in [1.807, 2.05) is 0 Å². The third-order valence-electron chi connectivity index (χ3n) is 4.08. The van der Waals surface area contributed by atoms with Crippen LogP contribution in [0, 0.1) is 5.92 Å². The SMILES string of the molecule is CC1(C)OC(=O)C(OCC2CC2)=C1c1ccccc1S(C)(=O)=O. The Bertz CT molecular complexity index is 785. The minimum atomic E-state index is -3.44. The summed E-state index contributed by atoms with van der Waals surface area (Å²) in [7, 11) is -3.44. The van der Waals surface area contributed by atoms with Gasteiger partial charge in [0.25, 0.3) is 0 Å². The van der Waals surface area contributed by atoms with Crippen LogP contribution in [0.3, 0.4) is 0 Å². The van der Waals surface area contributed by atoms with Crippen molar-refractivity contribution in [1.29, 1.82) is 0 Å². The first-order valence-electron chi connectivity index (χ1n) is 7.60. The van der Waals surface area contributed by atoms with Gasteiger partial charge in [-0.05, 0) is 38.7 Å². The maximum atomic E-state index is 12.2. The van der Waals surface area contributed by atoms with Crippen molar-refractivity contribution in [3.63, 3.8) is 0 Å². The predicted octanol–water partition coefficient (Wildman–Crippen LogP) is 2.56. The molecule has 0 spiro atoms. The summed E-state index contributed by atoms with van der Waals surface area (Å²) in [4.78, 5) is 12.4. The Kier molecular flexibility index (Phi) is 3.75. The Balaban J connectivity index is 2.14. The number of hydrogen-bond donors (Lipinski definition) is 0. The molecular formula is C17H20O5S. The predicted molar refractivity (Wildman–Crippen MR) is 85.3 cm³/mol. The molecular weight excluding hydrogens is 316 g/mol. The smallest absolute Gasteiger partial charge is 0.374 e. The number of carbonyl (C=O) groups excluding carboxylic acids is 1. The highest BCUT2D eigenvalue weighted by Gasteiger charge is 2.44. The standard InChI is InChI=1S/C17H20O5S/c1-17(2)14(12-6-4-5-7-13(12)23(3,19)20)15(16(18)22-17)21-10-11-8-9-11/h4-7,11H,8-10H2,1-3H3. The lowest BCUT2D eigenvalue weighted by Gasteiger charge is -2.22. The fourth-order valence-electron chi connectivity index (χ4n) is 2.76. The number of benzene rings is 1. The van der Waals surface area contributed by atoms with E-state index >= 15 is 0 Å². The van der Waals surface area contributed by atoms with Gasteiger partial charge < -0.3 is 9.47 Å². The highest BCUT2D eigenvalue weighted by Crippen LogP contribution is 2.43. The van der Waals surface area contributed by atoms with Gasteiger partial charge in [-0.3, -0.25) is 0 Å². The van der Waals surface area contributed by atoms with Crippen LogP contribution in [0.5, 0.6) is 0 Å². The minimum absolute atomic E-state index is 0.137. The van der Waals surface area contributed by atoms with E-state index in [-0.39, 0.29) is 10.7 Å². The third kappa shape index (κ3) is 3.13. The van der Waals surface area contributed by atoms with E-state index in [9.17, 15) is 13.2 Å². The maximum absolute atomic E-state index is 12.2. The summed E-state index contributed by atoms with van der Waals surface area (Å²) in [6.45, 7) is 3.95. The second-order valence-corrected chi connectivity index (χ2v) is 8.61. The molecule has 1 aliphatic carbocycles. The van der Waals surface area contributed by atoms with Crippen molar-refractivity contribution in [1.82, 2.24) is 0 Å². The van der Waals surface area contributed by atoms with Crippen LogP contribution in [0.25, 0.3) is 5.57 Å². The molecule has 1 aliphatic heterocycles. The molecule has 0 bridgehead atoms. The summed E-state index contributed by atoms with van der Waals surface area (Å²) >= 11 is 0. The molecule has 1 fully saturated rings. The van der Waals surface area contributed by atoms with Gasteiger partial charge in [-0.1, -0.05) is 18.2 Å². The number of hydrogen-bond acceptors (Lipinski definition) is 5. The molecule has 0 unspecified atom stereocenters. The van der Waals surface area contributed by atoms with Crippen molar-refractivity contribution in [2.45, 2.75) is 37.2 Å². The van der Waals surface area contributed by atoms with Gasteiger partial charge >= 0.3 is 5.97 Å². The quantitative estimate of drug-likeness (QED) is 0.773. The molecule has 1 heterocycles. The number of cyclic esters (lactones) is 1. The summed E-state index contributed by atoms with van der Waals surface area (Å²) in [6.07, 6.45) is 3.35. The molecule has 0 radical (unpaired) electrons. The van der Waals surface area contributed by atoms with Gasteiger partial charge in [0, 0.05) is 11.8 Å². The molecule has 124 valence electrons. The zero-order valence-electron chi connectivity index (χ0n) is 13.5. The van der Waals surface area contributed by atoms with Gasteiger partial charge in [-0.2, -0.15) is 0 Å². The molecule has 5 nitrogen and oxygen atoms in total. The molecule has 0 N–H and O–H groups in total. The Morgan fingerprint density at radius 2 is 1.91 bits per heavy atom. The van der Waals surface area contributed by atoms with Gasteiger partial charge in [-0.25, -0.2) is 13.2 Å². The molecule has 1 aromatic carbocycles. The molecule has 0 amide bonds. The van der Waals surface area contributed by atoms with E-state index < -0.39 is 21.4 Å². The van der Waals surface area contributed by atoms with Crippen molar-refractivity contribution < 1.29 is 22.7 Å². The van der Waals surface area contributed by atoms with Crippen molar-refractivity contribution in [2.75, 3.05) is 12.9 Å². The van der Waals surface area contributed by atoms with E-state index in [2.05, 4.69) is 0 Å². The monoisotopic (exact) mass is 336 g/mol. The first-order chi connectivity index (χ1) is 10.7. The number of carbonyl (C=O) groups is 1. The van der Waals surface area contributed by atoms with Crippen LogP contribution < -0.4 is 0 Å². The van der Waals surface area contributed by atoms with E-state index in [4.69, 9.17) is 9.47 Å².